The Morgan fingerprint density at radius 1 is 1.21 bits per heavy atom. The van der Waals surface area contributed by atoms with E-state index in [9.17, 15) is 9.59 Å². The van der Waals surface area contributed by atoms with Gasteiger partial charge in [0.1, 0.15) is 5.69 Å². The summed E-state index contributed by atoms with van der Waals surface area (Å²) in [6, 6.07) is 8.42. The molecule has 0 radical (unpaired) electrons. The molecule has 0 bridgehead atoms. The second kappa shape index (κ2) is 8.76. The van der Waals surface area contributed by atoms with Crippen LogP contribution in [-0.2, 0) is 6.42 Å². The van der Waals surface area contributed by atoms with Crippen molar-refractivity contribution in [2.24, 2.45) is 5.41 Å². The lowest BCUT2D eigenvalue weighted by Gasteiger charge is -2.37. The number of aromatic amines is 1. The number of aromatic nitrogens is 2. The first-order valence-corrected chi connectivity index (χ1v) is 12.4. The molecule has 3 atom stereocenters. The normalized spacial score (nSPS) is 27.2. The molecule has 176 valence electrons. The predicted molar refractivity (Wildman–Crippen MR) is 130 cm³/mol. The van der Waals surface area contributed by atoms with Crippen LogP contribution in [0, 0.1) is 5.41 Å². The fourth-order valence-electron chi connectivity index (χ4n) is 5.98. The van der Waals surface area contributed by atoms with Gasteiger partial charge in [-0.15, -0.1) is 0 Å². The second-order valence-corrected chi connectivity index (χ2v) is 10.1. The molecule has 1 saturated heterocycles. The second-order valence-electron chi connectivity index (χ2n) is 9.75. The number of hydrogen-bond acceptors (Lipinski definition) is 5. The number of nitrogens with one attached hydrogen (secondary N) is 2. The molecular formula is C25H32ClN5O2. The van der Waals surface area contributed by atoms with Crippen LogP contribution in [0.1, 0.15) is 60.3 Å². The van der Waals surface area contributed by atoms with Crippen LogP contribution in [0.3, 0.4) is 0 Å². The molecule has 1 aliphatic heterocycles. The molecule has 0 aromatic carbocycles. The monoisotopic (exact) mass is 469 g/mol. The Morgan fingerprint density at radius 2 is 2.00 bits per heavy atom. The molecule has 2 unspecified atom stereocenters. The summed E-state index contributed by atoms with van der Waals surface area (Å²) in [7, 11) is 1.59. The van der Waals surface area contributed by atoms with Crippen molar-refractivity contribution in [2.75, 3.05) is 38.1 Å². The van der Waals surface area contributed by atoms with E-state index in [2.05, 4.69) is 31.2 Å². The zero-order valence-corrected chi connectivity index (χ0v) is 20.1. The zero-order valence-electron chi connectivity index (χ0n) is 19.4. The van der Waals surface area contributed by atoms with E-state index < -0.39 is 0 Å². The average Bonchev–Trinajstić information content (AvgIpc) is 3.37. The molecule has 3 heterocycles. The first-order valence-electron chi connectivity index (χ1n) is 12.0. The highest BCUT2D eigenvalue weighted by atomic mass is 35.5. The van der Waals surface area contributed by atoms with Crippen LogP contribution in [0.15, 0.2) is 29.1 Å². The number of aryl methyl sites for hydroxylation is 1. The Morgan fingerprint density at radius 3 is 2.67 bits per heavy atom. The summed E-state index contributed by atoms with van der Waals surface area (Å²) in [6.07, 6.45) is 5.63. The summed E-state index contributed by atoms with van der Waals surface area (Å²) in [5, 5.41) is 2.96. The van der Waals surface area contributed by atoms with Gasteiger partial charge in [0.2, 0.25) is 0 Å². The quantitative estimate of drug-likeness (QED) is 0.657. The highest BCUT2D eigenvalue weighted by molar-refractivity contribution is 6.32. The lowest BCUT2D eigenvalue weighted by molar-refractivity contribution is 0.0958. The number of H-pyrrole nitrogens is 1. The van der Waals surface area contributed by atoms with Crippen LogP contribution in [0.25, 0.3) is 0 Å². The summed E-state index contributed by atoms with van der Waals surface area (Å²) in [6.45, 7) is 5.85. The molecular weight excluding hydrogens is 438 g/mol. The van der Waals surface area contributed by atoms with E-state index in [-0.39, 0.29) is 11.5 Å². The van der Waals surface area contributed by atoms with E-state index in [1.54, 1.807) is 13.1 Å². The van der Waals surface area contributed by atoms with Gasteiger partial charge in [0, 0.05) is 50.5 Å². The third kappa shape index (κ3) is 4.17. The number of rotatable bonds is 5. The highest BCUT2D eigenvalue weighted by Gasteiger charge is 2.60. The SMILES string of the molecule is CCc1ccc([C@@H]2CCC3(CC3N3CCN(c4ccc(C(=O)NC)nc4Cl)CC3)C2)[nH]c1=O. The van der Waals surface area contributed by atoms with E-state index in [4.69, 9.17) is 11.6 Å². The summed E-state index contributed by atoms with van der Waals surface area (Å²) >= 11 is 6.41. The Balaban J connectivity index is 1.18. The Labute approximate surface area is 199 Å². The number of piperazine rings is 1. The van der Waals surface area contributed by atoms with E-state index in [0.717, 1.165) is 56.0 Å². The van der Waals surface area contributed by atoms with E-state index in [1.165, 1.54) is 19.3 Å². The number of hydrogen-bond donors (Lipinski definition) is 2. The molecule has 3 fully saturated rings. The summed E-state index contributed by atoms with van der Waals surface area (Å²) in [5.41, 5.74) is 3.72. The van der Waals surface area contributed by atoms with Gasteiger partial charge in [0.15, 0.2) is 5.15 Å². The van der Waals surface area contributed by atoms with E-state index in [0.29, 0.717) is 28.2 Å². The van der Waals surface area contributed by atoms with Gasteiger partial charge in [-0.05, 0) is 61.6 Å². The van der Waals surface area contributed by atoms with Crippen LogP contribution in [0.5, 0.6) is 0 Å². The molecule has 1 amide bonds. The number of amides is 1. The van der Waals surface area contributed by atoms with Gasteiger partial charge in [0.05, 0.1) is 5.69 Å². The first-order chi connectivity index (χ1) is 15.9. The molecule has 1 spiro atoms. The van der Waals surface area contributed by atoms with Crippen LogP contribution in [0.2, 0.25) is 5.15 Å². The van der Waals surface area contributed by atoms with Crippen molar-refractivity contribution in [3.05, 3.63) is 56.7 Å². The van der Waals surface area contributed by atoms with Gasteiger partial charge in [-0.25, -0.2) is 4.98 Å². The van der Waals surface area contributed by atoms with E-state index >= 15 is 0 Å². The first kappa shape index (κ1) is 22.4. The van der Waals surface area contributed by atoms with E-state index in [1.807, 2.05) is 19.1 Å². The smallest absolute Gasteiger partial charge is 0.269 e. The maximum Gasteiger partial charge on any atom is 0.269 e. The maximum atomic E-state index is 12.3. The van der Waals surface area contributed by atoms with Gasteiger partial charge in [-0.3, -0.25) is 14.5 Å². The third-order valence-electron chi connectivity index (χ3n) is 8.01. The van der Waals surface area contributed by atoms with Crippen molar-refractivity contribution >= 4 is 23.2 Å². The summed E-state index contributed by atoms with van der Waals surface area (Å²) in [5.74, 6) is 0.242. The van der Waals surface area contributed by atoms with Crippen LogP contribution in [-0.4, -0.2) is 60.0 Å². The molecule has 3 aliphatic rings. The number of halogens is 1. The molecule has 2 saturated carbocycles. The minimum absolute atomic E-state index is 0.0796. The minimum Gasteiger partial charge on any atom is -0.366 e. The van der Waals surface area contributed by atoms with Crippen molar-refractivity contribution in [3.63, 3.8) is 0 Å². The van der Waals surface area contributed by atoms with Crippen LogP contribution in [0.4, 0.5) is 5.69 Å². The van der Waals surface area contributed by atoms with Crippen molar-refractivity contribution in [3.8, 4) is 0 Å². The molecule has 5 rings (SSSR count). The van der Waals surface area contributed by atoms with Gasteiger partial charge < -0.3 is 15.2 Å². The average molecular weight is 470 g/mol. The summed E-state index contributed by atoms with van der Waals surface area (Å²) in [4.78, 5) is 36.4. The lowest BCUT2D eigenvalue weighted by Crippen LogP contribution is -2.48. The highest BCUT2D eigenvalue weighted by Crippen LogP contribution is 2.63. The number of carbonyl (C=O) groups is 1. The Kier molecular flexibility index (Phi) is 5.95. The molecule has 33 heavy (non-hydrogen) atoms. The topological polar surface area (TPSA) is 81.3 Å². The molecule has 2 N–H and O–H groups in total. The fourth-order valence-corrected chi connectivity index (χ4v) is 6.25. The summed E-state index contributed by atoms with van der Waals surface area (Å²) < 4.78 is 0. The van der Waals surface area contributed by atoms with Crippen molar-refractivity contribution in [1.82, 2.24) is 20.2 Å². The molecule has 8 heteroatoms. The minimum atomic E-state index is -0.229. The molecule has 2 aromatic heterocycles. The maximum absolute atomic E-state index is 12.3. The molecule has 7 nitrogen and oxygen atoms in total. The number of pyridine rings is 2. The zero-order chi connectivity index (χ0) is 23.2. The van der Waals surface area contributed by atoms with Crippen molar-refractivity contribution in [1.29, 1.82) is 0 Å². The third-order valence-corrected chi connectivity index (χ3v) is 8.29. The number of anilines is 1. The largest absolute Gasteiger partial charge is 0.366 e. The van der Waals surface area contributed by atoms with Gasteiger partial charge in [0.25, 0.3) is 11.5 Å². The lowest BCUT2D eigenvalue weighted by atomic mass is 9.98. The van der Waals surface area contributed by atoms with Crippen molar-refractivity contribution in [2.45, 2.75) is 51.0 Å². The molecule has 2 aromatic rings. The van der Waals surface area contributed by atoms with Crippen molar-refractivity contribution < 1.29 is 4.79 Å². The van der Waals surface area contributed by atoms with Crippen LogP contribution >= 0.6 is 11.6 Å². The van der Waals surface area contributed by atoms with Crippen LogP contribution < -0.4 is 15.8 Å². The van der Waals surface area contributed by atoms with Gasteiger partial charge in [-0.1, -0.05) is 24.6 Å². The number of nitrogens with zero attached hydrogens (tertiary/aromatic N) is 3. The predicted octanol–water partition coefficient (Wildman–Crippen LogP) is 3.19. The Hall–Kier alpha value is -2.38. The number of carbonyl (C=O) groups excluding carboxylic acids is 1. The van der Waals surface area contributed by atoms with Gasteiger partial charge >= 0.3 is 0 Å². The fraction of sp³-hybridized carbons (Fsp3) is 0.560. The Bertz CT molecular complexity index is 1110. The standard InChI is InChI=1S/C25H32ClN5O2/c1-3-16-4-5-18(29-23(16)32)17-8-9-25(14-17)15-21(25)31-12-10-30(11-13-31)20-7-6-19(24(33)27-2)28-22(20)26/h4-7,17,21H,3,8-15H2,1-2H3,(H,27,33)(H,29,32)/t17-,21?,25?/m1/s1. The molecule has 2 aliphatic carbocycles. The van der Waals surface area contributed by atoms with Gasteiger partial charge in [-0.2, -0.15) is 0 Å².